The van der Waals surface area contributed by atoms with Crippen LogP contribution < -0.4 is 5.73 Å². The number of thiazole rings is 1. The maximum atomic E-state index is 13.3. The Kier molecular flexibility index (Phi) is 5.84. The number of amides is 1. The summed E-state index contributed by atoms with van der Waals surface area (Å²) in [5, 5.41) is 21.6. The number of fused-ring (bicyclic) bond motifs is 3. The third kappa shape index (κ3) is 3.60. The molecule has 0 aliphatic carbocycles. The standard InChI is InChI=1S/C17H15FN4O10S2/c18-11(14(26)27)32-21-10(7-3-33-16(19)20-7)8(23)2-6-12(25)22-13(6)34(30)4-5-1-9(24)31-17(5,22)15(28)29/h3,5-6,11,13H,1-2,4H2,(H2,19,20)(H,26,27)(H,28,29)/b21-10-/t5-,6+,11?,13+,17+,34+/m0/s1. The molecule has 4 heterocycles. The Morgan fingerprint density at radius 2 is 2.15 bits per heavy atom. The van der Waals surface area contributed by atoms with E-state index in [1.807, 2.05) is 0 Å². The van der Waals surface area contributed by atoms with Gasteiger partial charge in [-0.3, -0.25) is 23.5 Å². The van der Waals surface area contributed by atoms with Crippen LogP contribution in [0.15, 0.2) is 10.5 Å². The number of carboxylic acids is 2. The first kappa shape index (κ1) is 23.7. The molecule has 4 N–H and O–H groups in total. The Bertz CT molecular complexity index is 1170. The lowest BCUT2D eigenvalue weighted by Gasteiger charge is -2.56. The molecular weight excluding hydrogens is 503 g/mol. The predicted octanol–water partition coefficient (Wildman–Crippen LogP) is -1.32. The number of carbonyl (C=O) groups is 5. The van der Waals surface area contributed by atoms with Gasteiger partial charge in [-0.2, -0.15) is 4.39 Å². The fourth-order valence-electron chi connectivity index (χ4n) is 4.12. The van der Waals surface area contributed by atoms with Gasteiger partial charge in [0.1, 0.15) is 11.1 Å². The van der Waals surface area contributed by atoms with E-state index in [9.17, 15) is 37.7 Å². The van der Waals surface area contributed by atoms with Crippen molar-refractivity contribution < 1.29 is 52.4 Å². The summed E-state index contributed by atoms with van der Waals surface area (Å²) in [6.07, 6.45) is -3.88. The highest BCUT2D eigenvalue weighted by molar-refractivity contribution is 7.85. The molecule has 4 rings (SSSR count). The van der Waals surface area contributed by atoms with Gasteiger partial charge in [0.2, 0.25) is 5.91 Å². The van der Waals surface area contributed by atoms with Crippen molar-refractivity contribution in [3.05, 3.63) is 11.1 Å². The van der Waals surface area contributed by atoms with Crippen LogP contribution in [0.25, 0.3) is 0 Å². The normalized spacial score (nSPS) is 31.1. The first-order valence-corrected chi connectivity index (χ1v) is 11.7. The molecule has 3 aliphatic rings. The number of carbonyl (C=O) groups excluding carboxylic acids is 3. The van der Waals surface area contributed by atoms with E-state index in [0.717, 1.165) is 16.2 Å². The van der Waals surface area contributed by atoms with Crippen LogP contribution in [0.1, 0.15) is 18.5 Å². The van der Waals surface area contributed by atoms with Crippen LogP contribution in [0.5, 0.6) is 0 Å². The van der Waals surface area contributed by atoms with Gasteiger partial charge in [0, 0.05) is 28.4 Å². The molecule has 3 aliphatic heterocycles. The number of nitrogens with two attached hydrogens (primary N) is 1. The number of esters is 1. The number of ether oxygens (including phenoxy) is 1. The molecule has 3 saturated heterocycles. The zero-order valence-electron chi connectivity index (χ0n) is 16.8. The van der Waals surface area contributed by atoms with Gasteiger partial charge in [-0.1, -0.05) is 5.16 Å². The molecule has 3 fully saturated rings. The maximum absolute atomic E-state index is 13.3. The highest BCUT2D eigenvalue weighted by atomic mass is 32.2. The first-order valence-electron chi connectivity index (χ1n) is 9.48. The second-order valence-corrected chi connectivity index (χ2v) is 9.99. The highest BCUT2D eigenvalue weighted by Gasteiger charge is 2.72. The van der Waals surface area contributed by atoms with Gasteiger partial charge >= 0.3 is 24.3 Å². The molecule has 0 spiro atoms. The van der Waals surface area contributed by atoms with E-state index >= 15 is 0 Å². The molecule has 182 valence electrons. The summed E-state index contributed by atoms with van der Waals surface area (Å²) in [6, 6.07) is 0. The largest absolute Gasteiger partial charge is 0.477 e. The average molecular weight is 518 g/mol. The molecule has 1 amide bonds. The number of halogens is 1. The Morgan fingerprint density at radius 3 is 2.74 bits per heavy atom. The van der Waals surface area contributed by atoms with Crippen molar-refractivity contribution in [2.24, 2.45) is 17.0 Å². The highest BCUT2D eigenvalue weighted by Crippen LogP contribution is 2.50. The van der Waals surface area contributed by atoms with E-state index in [1.54, 1.807) is 0 Å². The molecule has 0 radical (unpaired) electrons. The molecule has 17 heteroatoms. The van der Waals surface area contributed by atoms with E-state index in [0.29, 0.717) is 0 Å². The number of hydrogen-bond acceptors (Lipinski definition) is 12. The van der Waals surface area contributed by atoms with Crippen molar-refractivity contribution in [3.63, 3.8) is 0 Å². The Hall–Kier alpha value is -3.47. The van der Waals surface area contributed by atoms with Gasteiger partial charge in [-0.25, -0.2) is 14.6 Å². The van der Waals surface area contributed by atoms with Crippen molar-refractivity contribution in [3.8, 4) is 0 Å². The summed E-state index contributed by atoms with van der Waals surface area (Å²) in [6.45, 7) is 0. The number of nitrogens with zero attached hydrogens (tertiary/aromatic N) is 3. The van der Waals surface area contributed by atoms with Crippen LogP contribution in [0.3, 0.4) is 0 Å². The minimum absolute atomic E-state index is 0.00213. The van der Waals surface area contributed by atoms with Gasteiger partial charge in [0.05, 0.1) is 18.3 Å². The van der Waals surface area contributed by atoms with Crippen LogP contribution in [-0.2, 0) is 44.3 Å². The molecule has 1 unspecified atom stereocenters. The van der Waals surface area contributed by atoms with Gasteiger partial charge in [0.25, 0.3) is 5.72 Å². The lowest BCUT2D eigenvalue weighted by Crippen LogP contribution is -2.78. The Balaban J connectivity index is 1.60. The average Bonchev–Trinajstić information content (AvgIpc) is 3.33. The van der Waals surface area contributed by atoms with Crippen molar-refractivity contribution >= 4 is 62.6 Å². The van der Waals surface area contributed by atoms with E-state index in [4.69, 9.17) is 15.6 Å². The molecule has 0 saturated carbocycles. The number of hydrogen-bond donors (Lipinski definition) is 3. The number of anilines is 1. The van der Waals surface area contributed by atoms with Gasteiger partial charge in [0.15, 0.2) is 16.6 Å². The minimum atomic E-state index is -2.89. The van der Waals surface area contributed by atoms with Crippen molar-refractivity contribution in [2.45, 2.75) is 30.3 Å². The molecular formula is C17H15FN4O10S2. The summed E-state index contributed by atoms with van der Waals surface area (Å²) in [7, 11) is -1.82. The monoisotopic (exact) mass is 518 g/mol. The number of oxime groups is 1. The number of β-lactam (4-membered cyclic amide) rings is 1. The number of aliphatic carboxylic acids is 2. The van der Waals surface area contributed by atoms with E-state index in [1.165, 1.54) is 5.38 Å². The lowest BCUT2D eigenvalue weighted by molar-refractivity contribution is -0.220. The second-order valence-electron chi connectivity index (χ2n) is 7.53. The van der Waals surface area contributed by atoms with E-state index in [-0.39, 0.29) is 23.0 Å². The maximum Gasteiger partial charge on any atom is 0.381 e. The molecule has 34 heavy (non-hydrogen) atoms. The molecule has 0 aromatic carbocycles. The van der Waals surface area contributed by atoms with Crippen LogP contribution in [0, 0.1) is 11.8 Å². The lowest BCUT2D eigenvalue weighted by atomic mass is 9.84. The predicted molar refractivity (Wildman–Crippen MR) is 108 cm³/mol. The molecule has 1 aromatic rings. The number of alkyl halides is 1. The number of ketones is 1. The Labute approximate surface area is 194 Å². The van der Waals surface area contributed by atoms with Crippen LogP contribution in [-0.4, -0.2) is 82.8 Å². The number of nitrogen functional groups attached to an aromatic ring is 1. The Morgan fingerprint density at radius 1 is 1.44 bits per heavy atom. The third-order valence-corrected chi connectivity index (χ3v) is 8.04. The summed E-state index contributed by atoms with van der Waals surface area (Å²) in [4.78, 5) is 69.0. The number of carboxylic acid groups (broad SMARTS) is 2. The summed E-state index contributed by atoms with van der Waals surface area (Å²) in [5.41, 5.74) is 2.41. The molecule has 0 bridgehead atoms. The van der Waals surface area contributed by atoms with Crippen molar-refractivity contribution in [1.29, 1.82) is 0 Å². The van der Waals surface area contributed by atoms with Crippen molar-refractivity contribution in [2.75, 3.05) is 11.5 Å². The third-order valence-electron chi connectivity index (χ3n) is 5.55. The quantitative estimate of drug-likeness (QED) is 0.158. The zero-order valence-corrected chi connectivity index (χ0v) is 18.4. The van der Waals surface area contributed by atoms with Gasteiger partial charge in [-0.05, 0) is 0 Å². The first-order chi connectivity index (χ1) is 16.0. The minimum Gasteiger partial charge on any atom is -0.477 e. The second kappa shape index (κ2) is 8.39. The molecule has 1 aromatic heterocycles. The number of rotatable bonds is 8. The number of Topliss-reactive ketones (excluding diaryl/α,β-unsaturated/α-hetero) is 1. The van der Waals surface area contributed by atoms with Crippen LogP contribution >= 0.6 is 11.3 Å². The topological polar surface area (TPSA) is 216 Å². The molecule has 6 atom stereocenters. The zero-order chi connectivity index (χ0) is 24.9. The van der Waals surface area contributed by atoms with Crippen molar-refractivity contribution in [1.82, 2.24) is 9.88 Å². The fourth-order valence-corrected chi connectivity index (χ4v) is 6.68. The van der Waals surface area contributed by atoms with Crippen LogP contribution in [0.2, 0.25) is 0 Å². The smallest absolute Gasteiger partial charge is 0.381 e. The number of aromatic nitrogens is 1. The van der Waals surface area contributed by atoms with Crippen LogP contribution in [0.4, 0.5) is 9.52 Å². The summed E-state index contributed by atoms with van der Waals surface area (Å²) < 4.78 is 31.1. The van der Waals surface area contributed by atoms with Gasteiger partial charge in [-0.15, -0.1) is 11.3 Å². The molecule has 14 nitrogen and oxygen atoms in total. The summed E-state index contributed by atoms with van der Waals surface area (Å²) >= 11 is 0.892. The summed E-state index contributed by atoms with van der Waals surface area (Å²) in [5.74, 6) is -8.83. The van der Waals surface area contributed by atoms with E-state index < -0.39 is 81.8 Å². The van der Waals surface area contributed by atoms with Gasteiger partial charge < -0.3 is 25.5 Å². The van der Waals surface area contributed by atoms with E-state index in [2.05, 4.69) is 15.0 Å². The fraction of sp³-hybridized carbons (Fsp3) is 0.471. The SMILES string of the molecule is Nc1nc(/C(=N/OC(F)C(=O)O)C(=O)C[C@@H]2C(=O)N3[C@@H]2[S@](=O)C[C@@H]2CC(=O)O[C@@]23C(=O)O)cs1.